The van der Waals surface area contributed by atoms with Crippen molar-refractivity contribution < 1.29 is 10.0 Å². The van der Waals surface area contributed by atoms with Crippen molar-refractivity contribution in [2.45, 2.75) is 13.0 Å². The summed E-state index contributed by atoms with van der Waals surface area (Å²) in [6.45, 7) is 1.91. The van der Waals surface area contributed by atoms with Crippen LogP contribution in [0.3, 0.4) is 0 Å². The van der Waals surface area contributed by atoms with Crippen molar-refractivity contribution in [2.75, 3.05) is 5.32 Å². The van der Waals surface area contributed by atoms with Crippen molar-refractivity contribution in [3.63, 3.8) is 0 Å². The molecule has 0 amide bonds. The Morgan fingerprint density at radius 1 is 1.16 bits per heavy atom. The molecule has 19 heavy (non-hydrogen) atoms. The fraction of sp³-hybridized carbons (Fsp3) is 0.143. The van der Waals surface area contributed by atoms with Gasteiger partial charge in [0.2, 0.25) is 0 Å². The summed E-state index contributed by atoms with van der Waals surface area (Å²) < 4.78 is 0. The first kappa shape index (κ1) is 12.9. The van der Waals surface area contributed by atoms with Gasteiger partial charge in [0, 0.05) is 12.1 Å². The normalized spacial score (nSPS) is 11.8. The second-order valence-corrected chi connectivity index (χ2v) is 4.23. The van der Waals surface area contributed by atoms with E-state index in [9.17, 15) is 15.2 Å². The Hall–Kier alpha value is -2.56. The van der Waals surface area contributed by atoms with E-state index in [1.807, 2.05) is 6.92 Å². The van der Waals surface area contributed by atoms with E-state index in [4.69, 9.17) is 0 Å². The molecular weight excluding hydrogens is 244 g/mol. The molecule has 1 unspecified atom stereocenters. The molecule has 2 aromatic carbocycles. The highest BCUT2D eigenvalue weighted by Gasteiger charge is 2.14. The van der Waals surface area contributed by atoms with E-state index in [0.717, 1.165) is 5.56 Å². The lowest BCUT2D eigenvalue weighted by molar-refractivity contribution is -0.384. The Morgan fingerprint density at radius 2 is 1.79 bits per heavy atom. The Labute approximate surface area is 110 Å². The van der Waals surface area contributed by atoms with Gasteiger partial charge in [-0.3, -0.25) is 10.1 Å². The first-order valence-corrected chi connectivity index (χ1v) is 5.87. The lowest BCUT2D eigenvalue weighted by atomic mass is 10.1. The summed E-state index contributed by atoms with van der Waals surface area (Å²) in [5, 5.41) is 23.3. The van der Waals surface area contributed by atoms with Crippen LogP contribution in [-0.2, 0) is 0 Å². The third-order valence-corrected chi connectivity index (χ3v) is 2.87. The van der Waals surface area contributed by atoms with Gasteiger partial charge in [0.05, 0.1) is 4.92 Å². The number of benzene rings is 2. The van der Waals surface area contributed by atoms with Crippen LogP contribution in [0.2, 0.25) is 0 Å². The molecule has 0 heterocycles. The third-order valence-electron chi connectivity index (χ3n) is 2.87. The number of phenols is 1. The minimum absolute atomic E-state index is 0.0492. The summed E-state index contributed by atoms with van der Waals surface area (Å²) in [6.07, 6.45) is 0. The molecule has 2 rings (SSSR count). The molecule has 0 fully saturated rings. The Morgan fingerprint density at radius 3 is 2.42 bits per heavy atom. The number of anilines is 1. The predicted octanol–water partition coefficient (Wildman–Crippen LogP) is 3.47. The van der Waals surface area contributed by atoms with Crippen LogP contribution in [0.1, 0.15) is 18.5 Å². The maximum absolute atomic E-state index is 10.9. The first-order chi connectivity index (χ1) is 9.08. The zero-order valence-electron chi connectivity index (χ0n) is 10.4. The fourth-order valence-corrected chi connectivity index (χ4v) is 1.83. The predicted molar refractivity (Wildman–Crippen MR) is 73.2 cm³/mol. The molecule has 1 atom stereocenters. The number of aromatic hydroxyl groups is 1. The van der Waals surface area contributed by atoms with Crippen molar-refractivity contribution in [2.24, 2.45) is 0 Å². The molecule has 0 radical (unpaired) electrons. The highest BCUT2D eigenvalue weighted by Crippen LogP contribution is 2.28. The van der Waals surface area contributed by atoms with Crippen LogP contribution in [0, 0.1) is 10.1 Å². The number of nitro benzene ring substituents is 1. The molecule has 0 bridgehead atoms. The fourth-order valence-electron chi connectivity index (χ4n) is 1.83. The summed E-state index contributed by atoms with van der Waals surface area (Å²) in [6, 6.07) is 13.2. The van der Waals surface area contributed by atoms with Crippen molar-refractivity contribution in [1.82, 2.24) is 0 Å². The molecule has 2 aromatic rings. The Kier molecular flexibility index (Phi) is 3.66. The molecule has 98 valence electrons. The van der Waals surface area contributed by atoms with Gasteiger partial charge in [-0.1, -0.05) is 24.3 Å². The van der Waals surface area contributed by atoms with Crippen molar-refractivity contribution in [3.8, 4) is 5.75 Å². The number of nitro groups is 1. The van der Waals surface area contributed by atoms with Gasteiger partial charge in [-0.05, 0) is 30.7 Å². The van der Waals surface area contributed by atoms with Gasteiger partial charge in [0.25, 0.3) is 5.69 Å². The summed E-state index contributed by atoms with van der Waals surface area (Å²) in [4.78, 5) is 10.5. The molecule has 0 saturated heterocycles. The van der Waals surface area contributed by atoms with E-state index < -0.39 is 4.92 Å². The standard InChI is InChI=1S/C14H14N2O3/c1-10(11-6-8-12(17)9-7-11)15-13-4-2-3-5-14(13)16(18)19/h2-10,15,17H,1H3. The Bertz CT molecular complexity index is 581. The van der Waals surface area contributed by atoms with Gasteiger partial charge >= 0.3 is 0 Å². The van der Waals surface area contributed by atoms with Crippen LogP contribution in [0.15, 0.2) is 48.5 Å². The minimum Gasteiger partial charge on any atom is -0.508 e. The zero-order chi connectivity index (χ0) is 13.8. The summed E-state index contributed by atoms with van der Waals surface area (Å²) in [7, 11) is 0. The third kappa shape index (κ3) is 3.01. The maximum Gasteiger partial charge on any atom is 0.292 e. The topological polar surface area (TPSA) is 75.4 Å². The second kappa shape index (κ2) is 5.39. The highest BCUT2D eigenvalue weighted by molar-refractivity contribution is 5.62. The van der Waals surface area contributed by atoms with E-state index in [2.05, 4.69) is 5.32 Å². The van der Waals surface area contributed by atoms with Gasteiger partial charge in [-0.15, -0.1) is 0 Å². The first-order valence-electron chi connectivity index (χ1n) is 5.87. The molecule has 5 nitrogen and oxygen atoms in total. The summed E-state index contributed by atoms with van der Waals surface area (Å²) >= 11 is 0. The average molecular weight is 258 g/mol. The van der Waals surface area contributed by atoms with E-state index in [-0.39, 0.29) is 17.5 Å². The molecule has 0 spiro atoms. The molecule has 0 saturated carbocycles. The lowest BCUT2D eigenvalue weighted by Gasteiger charge is -2.15. The molecule has 0 aliphatic carbocycles. The van der Waals surface area contributed by atoms with Gasteiger partial charge < -0.3 is 10.4 Å². The molecular formula is C14H14N2O3. The number of phenolic OH excluding ortho intramolecular Hbond substituents is 1. The van der Waals surface area contributed by atoms with Crippen LogP contribution < -0.4 is 5.32 Å². The number of nitrogens with zero attached hydrogens (tertiary/aromatic N) is 1. The summed E-state index contributed by atoms with van der Waals surface area (Å²) in [5.41, 5.74) is 1.47. The van der Waals surface area contributed by atoms with Crippen LogP contribution in [0.4, 0.5) is 11.4 Å². The molecule has 0 aliphatic rings. The SMILES string of the molecule is CC(Nc1ccccc1[N+](=O)[O-])c1ccc(O)cc1. The minimum atomic E-state index is -0.411. The van der Waals surface area contributed by atoms with Gasteiger partial charge in [0.1, 0.15) is 11.4 Å². The smallest absolute Gasteiger partial charge is 0.292 e. The molecule has 0 aromatic heterocycles. The van der Waals surface area contributed by atoms with Crippen LogP contribution >= 0.6 is 0 Å². The van der Waals surface area contributed by atoms with E-state index in [1.54, 1.807) is 42.5 Å². The van der Waals surface area contributed by atoms with Crippen LogP contribution in [-0.4, -0.2) is 10.0 Å². The Balaban J connectivity index is 2.21. The van der Waals surface area contributed by atoms with Crippen molar-refractivity contribution >= 4 is 11.4 Å². The quantitative estimate of drug-likeness (QED) is 0.650. The monoisotopic (exact) mass is 258 g/mol. The van der Waals surface area contributed by atoms with E-state index in [1.165, 1.54) is 6.07 Å². The van der Waals surface area contributed by atoms with Gasteiger partial charge in [0.15, 0.2) is 0 Å². The number of hydrogen-bond acceptors (Lipinski definition) is 4. The lowest BCUT2D eigenvalue weighted by Crippen LogP contribution is -2.08. The molecule has 2 N–H and O–H groups in total. The molecule has 5 heteroatoms. The molecule has 0 aliphatic heterocycles. The zero-order valence-corrected chi connectivity index (χ0v) is 10.4. The largest absolute Gasteiger partial charge is 0.508 e. The second-order valence-electron chi connectivity index (χ2n) is 4.23. The highest BCUT2D eigenvalue weighted by atomic mass is 16.6. The van der Waals surface area contributed by atoms with Gasteiger partial charge in [-0.25, -0.2) is 0 Å². The van der Waals surface area contributed by atoms with Gasteiger partial charge in [-0.2, -0.15) is 0 Å². The van der Waals surface area contributed by atoms with Crippen LogP contribution in [0.5, 0.6) is 5.75 Å². The number of rotatable bonds is 4. The number of nitrogens with one attached hydrogen (secondary N) is 1. The average Bonchev–Trinajstić information content (AvgIpc) is 2.39. The van der Waals surface area contributed by atoms with Crippen molar-refractivity contribution in [1.29, 1.82) is 0 Å². The van der Waals surface area contributed by atoms with Crippen LogP contribution in [0.25, 0.3) is 0 Å². The van der Waals surface area contributed by atoms with E-state index in [0.29, 0.717) is 5.69 Å². The summed E-state index contributed by atoms with van der Waals surface area (Å²) in [5.74, 6) is 0.196. The maximum atomic E-state index is 10.9. The number of hydrogen-bond donors (Lipinski definition) is 2. The number of para-hydroxylation sites is 2. The van der Waals surface area contributed by atoms with E-state index >= 15 is 0 Å². The van der Waals surface area contributed by atoms with Crippen molar-refractivity contribution in [3.05, 3.63) is 64.2 Å².